The summed E-state index contributed by atoms with van der Waals surface area (Å²) in [6.45, 7) is 3.46. The van der Waals surface area contributed by atoms with Gasteiger partial charge in [-0.25, -0.2) is 4.39 Å². The Labute approximate surface area is 172 Å². The van der Waals surface area contributed by atoms with Crippen LogP contribution in [0.25, 0.3) is 0 Å². The lowest BCUT2D eigenvalue weighted by Crippen LogP contribution is -2.29. The minimum atomic E-state index is -0.466. The molecule has 2 N–H and O–H groups in total. The van der Waals surface area contributed by atoms with E-state index in [0.717, 1.165) is 6.42 Å². The molecule has 0 radical (unpaired) electrons. The van der Waals surface area contributed by atoms with E-state index < -0.39 is 5.82 Å². The van der Waals surface area contributed by atoms with Crippen LogP contribution in [0.2, 0.25) is 15.1 Å². The molecule has 0 bridgehead atoms. The lowest BCUT2D eigenvalue weighted by atomic mass is 10.1. The molecule has 0 aromatic heterocycles. The summed E-state index contributed by atoms with van der Waals surface area (Å²) in [7, 11) is 0. The number of nitrogens with one attached hydrogen (secondary N) is 2. The third kappa shape index (κ3) is 6.85. The smallest absolute Gasteiger partial charge is 0.224 e. The average molecular weight is 434 g/mol. The molecule has 0 aliphatic rings. The summed E-state index contributed by atoms with van der Waals surface area (Å²) >= 11 is 18.2. The summed E-state index contributed by atoms with van der Waals surface area (Å²) in [6, 6.07) is 7.47. The molecule has 0 atom stereocenters. The van der Waals surface area contributed by atoms with Crippen molar-refractivity contribution >= 4 is 52.1 Å². The molecule has 0 heterocycles. The number of anilines is 2. The van der Waals surface area contributed by atoms with Crippen molar-refractivity contribution in [1.29, 1.82) is 0 Å². The van der Waals surface area contributed by atoms with Crippen LogP contribution in [0.15, 0.2) is 30.3 Å². The first-order chi connectivity index (χ1) is 12.9. The van der Waals surface area contributed by atoms with E-state index in [4.69, 9.17) is 39.5 Å². The lowest BCUT2D eigenvalue weighted by molar-refractivity contribution is -0.120. The van der Waals surface area contributed by atoms with Crippen LogP contribution in [0.3, 0.4) is 0 Å². The number of carbonyl (C=O) groups is 1. The Bertz CT molecular complexity index is 780. The number of ether oxygens (including phenoxy) is 1. The summed E-state index contributed by atoms with van der Waals surface area (Å²) in [6.07, 6.45) is 0.831. The van der Waals surface area contributed by atoms with Gasteiger partial charge in [-0.3, -0.25) is 4.79 Å². The zero-order valence-electron chi connectivity index (χ0n) is 14.8. The highest BCUT2D eigenvalue weighted by Crippen LogP contribution is 2.36. The molecule has 1 amide bonds. The second kappa shape index (κ2) is 10.7. The molecule has 0 spiro atoms. The fourth-order valence-corrected chi connectivity index (χ4v) is 3.25. The molecule has 2 aromatic carbocycles. The van der Waals surface area contributed by atoms with Crippen LogP contribution >= 0.6 is 34.8 Å². The summed E-state index contributed by atoms with van der Waals surface area (Å²) in [5, 5.41) is 6.82. The highest BCUT2D eigenvalue weighted by atomic mass is 35.5. The maximum atomic E-state index is 14.1. The van der Waals surface area contributed by atoms with Gasteiger partial charge in [-0.1, -0.05) is 41.7 Å². The van der Waals surface area contributed by atoms with Crippen molar-refractivity contribution in [1.82, 2.24) is 5.32 Å². The van der Waals surface area contributed by atoms with Crippen LogP contribution in [-0.2, 0) is 16.0 Å². The van der Waals surface area contributed by atoms with Crippen molar-refractivity contribution in [2.45, 2.75) is 19.8 Å². The van der Waals surface area contributed by atoms with Crippen LogP contribution in [0, 0.1) is 5.82 Å². The Morgan fingerprint density at radius 1 is 1.11 bits per heavy atom. The van der Waals surface area contributed by atoms with Crippen LogP contribution < -0.4 is 10.6 Å². The summed E-state index contributed by atoms with van der Waals surface area (Å²) in [5.74, 6) is -0.750. The number of hydrogen-bond donors (Lipinski definition) is 2. The van der Waals surface area contributed by atoms with Crippen molar-refractivity contribution in [2.75, 3.05) is 25.1 Å². The molecule has 0 saturated carbocycles. The van der Waals surface area contributed by atoms with Gasteiger partial charge < -0.3 is 15.4 Å². The Morgan fingerprint density at radius 2 is 1.81 bits per heavy atom. The second-order valence-electron chi connectivity index (χ2n) is 5.81. The Morgan fingerprint density at radius 3 is 2.48 bits per heavy atom. The maximum Gasteiger partial charge on any atom is 0.224 e. The van der Waals surface area contributed by atoms with Gasteiger partial charge in [-0.15, -0.1) is 0 Å². The quantitative estimate of drug-likeness (QED) is 0.505. The zero-order valence-corrected chi connectivity index (χ0v) is 17.0. The van der Waals surface area contributed by atoms with Gasteiger partial charge in [0.15, 0.2) is 0 Å². The predicted octanol–water partition coefficient (Wildman–Crippen LogP) is 5.61. The molecular weight excluding hydrogens is 414 g/mol. The molecule has 4 nitrogen and oxygen atoms in total. The standard InChI is InChI=1S/C19H20Cl3FN2O2/c1-2-6-27-7-5-24-18(26)9-12-8-14(3-4-17(12)23)25-19-15(21)10-13(20)11-16(19)22/h3-4,8,10-11,25H,2,5-7,9H2,1H3,(H,24,26). The normalized spacial score (nSPS) is 10.7. The van der Waals surface area contributed by atoms with E-state index in [9.17, 15) is 9.18 Å². The van der Waals surface area contributed by atoms with Gasteiger partial charge >= 0.3 is 0 Å². The first-order valence-electron chi connectivity index (χ1n) is 8.45. The SMILES string of the molecule is CCCOCCNC(=O)Cc1cc(Nc2c(Cl)cc(Cl)cc2Cl)ccc1F. The molecule has 0 aliphatic carbocycles. The van der Waals surface area contributed by atoms with E-state index >= 15 is 0 Å². The molecule has 2 aromatic rings. The van der Waals surface area contributed by atoms with Gasteiger partial charge in [0.2, 0.25) is 5.91 Å². The average Bonchev–Trinajstić information content (AvgIpc) is 2.60. The van der Waals surface area contributed by atoms with E-state index in [1.54, 1.807) is 18.2 Å². The van der Waals surface area contributed by atoms with E-state index in [1.807, 2.05) is 6.92 Å². The summed E-state index contributed by atoms with van der Waals surface area (Å²) in [4.78, 5) is 12.0. The molecule has 0 fully saturated rings. The Balaban J connectivity index is 2.03. The number of rotatable bonds is 9. The van der Waals surface area contributed by atoms with Gasteiger partial charge in [0, 0.05) is 23.9 Å². The molecule has 2 rings (SSSR count). The third-order valence-corrected chi connectivity index (χ3v) is 4.40. The van der Waals surface area contributed by atoms with Gasteiger partial charge in [-0.05, 0) is 42.3 Å². The first-order valence-corrected chi connectivity index (χ1v) is 9.58. The second-order valence-corrected chi connectivity index (χ2v) is 7.07. The van der Waals surface area contributed by atoms with Gasteiger partial charge in [0.25, 0.3) is 0 Å². The van der Waals surface area contributed by atoms with Crippen molar-refractivity contribution < 1.29 is 13.9 Å². The predicted molar refractivity (Wildman–Crippen MR) is 109 cm³/mol. The maximum absolute atomic E-state index is 14.1. The molecule has 27 heavy (non-hydrogen) atoms. The fraction of sp³-hybridized carbons (Fsp3) is 0.316. The van der Waals surface area contributed by atoms with Crippen LogP contribution in [0.5, 0.6) is 0 Å². The number of amides is 1. The lowest BCUT2D eigenvalue weighted by Gasteiger charge is -2.13. The fourth-order valence-electron chi connectivity index (χ4n) is 2.34. The molecule has 146 valence electrons. The number of hydrogen-bond acceptors (Lipinski definition) is 3. The van der Waals surface area contributed by atoms with E-state index in [2.05, 4.69) is 10.6 Å². The summed E-state index contributed by atoms with van der Waals surface area (Å²) < 4.78 is 19.4. The number of benzene rings is 2. The van der Waals surface area contributed by atoms with E-state index in [1.165, 1.54) is 12.1 Å². The zero-order chi connectivity index (χ0) is 19.8. The Kier molecular flexibility index (Phi) is 8.64. The van der Waals surface area contributed by atoms with Crippen LogP contribution in [0.4, 0.5) is 15.8 Å². The topological polar surface area (TPSA) is 50.4 Å². The van der Waals surface area contributed by atoms with Crippen LogP contribution in [-0.4, -0.2) is 25.7 Å². The molecule has 0 unspecified atom stereocenters. The first kappa shape index (κ1) is 21.8. The largest absolute Gasteiger partial charge is 0.380 e. The number of carbonyl (C=O) groups excluding carboxylic acids is 1. The van der Waals surface area contributed by atoms with E-state index in [-0.39, 0.29) is 17.9 Å². The summed E-state index contributed by atoms with van der Waals surface area (Å²) in [5.41, 5.74) is 1.27. The molecule has 0 saturated heterocycles. The highest BCUT2D eigenvalue weighted by Gasteiger charge is 2.12. The van der Waals surface area contributed by atoms with Gasteiger partial charge in [0.1, 0.15) is 5.82 Å². The minimum Gasteiger partial charge on any atom is -0.380 e. The van der Waals surface area contributed by atoms with Crippen molar-refractivity contribution in [2.24, 2.45) is 0 Å². The highest BCUT2D eigenvalue weighted by molar-refractivity contribution is 6.41. The minimum absolute atomic E-state index is 0.0861. The van der Waals surface area contributed by atoms with Gasteiger partial charge in [-0.2, -0.15) is 0 Å². The molecular formula is C19H20Cl3FN2O2. The molecule has 0 aliphatic heterocycles. The van der Waals surface area contributed by atoms with Crippen molar-refractivity contribution in [3.8, 4) is 0 Å². The molecule has 8 heteroatoms. The van der Waals surface area contributed by atoms with Gasteiger partial charge in [0.05, 0.1) is 28.8 Å². The van der Waals surface area contributed by atoms with Crippen molar-refractivity contribution in [3.05, 3.63) is 56.8 Å². The monoisotopic (exact) mass is 432 g/mol. The van der Waals surface area contributed by atoms with E-state index in [0.29, 0.717) is 46.2 Å². The Hall–Kier alpha value is -1.53. The third-order valence-electron chi connectivity index (χ3n) is 3.59. The van der Waals surface area contributed by atoms with Crippen LogP contribution in [0.1, 0.15) is 18.9 Å². The van der Waals surface area contributed by atoms with Crippen molar-refractivity contribution in [3.63, 3.8) is 0 Å². The number of halogens is 4.